The van der Waals surface area contributed by atoms with E-state index in [9.17, 15) is 0 Å². The van der Waals surface area contributed by atoms with Gasteiger partial charge in [0.05, 0.1) is 13.2 Å². The molecule has 116 valence electrons. The van der Waals surface area contributed by atoms with Crippen LogP contribution in [0.3, 0.4) is 0 Å². The molecule has 3 rings (SSSR count). The summed E-state index contributed by atoms with van der Waals surface area (Å²) in [7, 11) is 0. The van der Waals surface area contributed by atoms with E-state index in [1.165, 1.54) is 17.5 Å². The van der Waals surface area contributed by atoms with Crippen LogP contribution in [0.15, 0.2) is 6.07 Å². The highest BCUT2D eigenvalue weighted by molar-refractivity contribution is 6.31. The summed E-state index contributed by atoms with van der Waals surface area (Å²) in [4.78, 5) is 0. The molecule has 21 heavy (non-hydrogen) atoms. The number of hydrogen-bond acceptors (Lipinski definition) is 3. The Morgan fingerprint density at radius 2 is 2.00 bits per heavy atom. The first-order valence-electron chi connectivity index (χ1n) is 7.90. The molecule has 1 unspecified atom stereocenters. The van der Waals surface area contributed by atoms with Crippen LogP contribution in [0, 0.1) is 0 Å². The fourth-order valence-electron chi connectivity index (χ4n) is 3.52. The smallest absolute Gasteiger partial charge is 0.165 e. The molecular formula is C17H24ClNO2. The zero-order chi connectivity index (χ0) is 15.0. The van der Waals surface area contributed by atoms with Gasteiger partial charge >= 0.3 is 0 Å². The van der Waals surface area contributed by atoms with Gasteiger partial charge in [-0.15, -0.1) is 0 Å². The second-order valence-corrected chi connectivity index (χ2v) is 6.95. The van der Waals surface area contributed by atoms with Gasteiger partial charge in [0.25, 0.3) is 0 Å². The van der Waals surface area contributed by atoms with Crippen molar-refractivity contribution in [3.8, 4) is 11.5 Å². The van der Waals surface area contributed by atoms with Gasteiger partial charge in [0, 0.05) is 28.6 Å². The maximum atomic E-state index is 6.66. The van der Waals surface area contributed by atoms with Crippen molar-refractivity contribution in [3.63, 3.8) is 0 Å². The van der Waals surface area contributed by atoms with Gasteiger partial charge in [-0.05, 0) is 37.8 Å². The summed E-state index contributed by atoms with van der Waals surface area (Å²) in [5.74, 6) is 2.04. The minimum atomic E-state index is -0.0681. The maximum absolute atomic E-state index is 6.66. The Kier molecular flexibility index (Phi) is 4.06. The molecule has 0 bridgehead atoms. The van der Waals surface area contributed by atoms with E-state index in [4.69, 9.17) is 21.1 Å². The summed E-state index contributed by atoms with van der Waals surface area (Å²) in [5.41, 5.74) is 2.33. The van der Waals surface area contributed by atoms with Crippen molar-refractivity contribution in [2.75, 3.05) is 19.8 Å². The van der Waals surface area contributed by atoms with E-state index in [1.807, 2.05) is 6.07 Å². The molecule has 1 N–H and O–H groups in total. The normalized spacial score (nSPS) is 25.2. The van der Waals surface area contributed by atoms with E-state index in [0.29, 0.717) is 19.1 Å². The molecule has 1 saturated heterocycles. The van der Waals surface area contributed by atoms with Gasteiger partial charge in [0.15, 0.2) is 11.5 Å². The standard InChI is InChI=1S/C17H24ClNO2/c1-11(2)14-15(17(3)6-4-7-19-17)12(18)10-13-16(14)21-9-5-8-20-13/h10-11,19H,4-9H2,1-3H3. The number of nitrogens with one attached hydrogen (secondary N) is 1. The van der Waals surface area contributed by atoms with Crippen molar-refractivity contribution >= 4 is 11.6 Å². The van der Waals surface area contributed by atoms with Crippen LogP contribution in [0.2, 0.25) is 5.02 Å². The lowest BCUT2D eigenvalue weighted by atomic mass is 9.82. The van der Waals surface area contributed by atoms with Crippen molar-refractivity contribution in [1.29, 1.82) is 0 Å². The van der Waals surface area contributed by atoms with Gasteiger partial charge in [0.2, 0.25) is 0 Å². The summed E-state index contributed by atoms with van der Waals surface area (Å²) < 4.78 is 11.9. The van der Waals surface area contributed by atoms with Gasteiger partial charge in [-0.2, -0.15) is 0 Å². The number of hydrogen-bond donors (Lipinski definition) is 1. The minimum Gasteiger partial charge on any atom is -0.489 e. The third kappa shape index (κ3) is 2.62. The van der Waals surface area contributed by atoms with E-state index >= 15 is 0 Å². The van der Waals surface area contributed by atoms with Crippen LogP contribution in [0.1, 0.15) is 57.1 Å². The van der Waals surface area contributed by atoms with Crippen molar-refractivity contribution in [1.82, 2.24) is 5.32 Å². The van der Waals surface area contributed by atoms with E-state index in [0.717, 1.165) is 35.9 Å². The largest absolute Gasteiger partial charge is 0.489 e. The second kappa shape index (κ2) is 5.69. The number of benzene rings is 1. The minimum absolute atomic E-state index is 0.0681. The zero-order valence-corrected chi connectivity index (χ0v) is 13.8. The first-order valence-corrected chi connectivity index (χ1v) is 8.28. The molecule has 1 atom stereocenters. The fourth-order valence-corrected chi connectivity index (χ4v) is 3.93. The van der Waals surface area contributed by atoms with Gasteiger partial charge in [0.1, 0.15) is 0 Å². The molecule has 0 radical (unpaired) electrons. The van der Waals surface area contributed by atoms with E-state index in [2.05, 4.69) is 26.1 Å². The third-order valence-corrected chi connectivity index (χ3v) is 4.82. The summed E-state index contributed by atoms with van der Waals surface area (Å²) in [6.07, 6.45) is 3.19. The Balaban J connectivity index is 2.21. The number of fused-ring (bicyclic) bond motifs is 1. The molecule has 4 heteroatoms. The lowest BCUT2D eigenvalue weighted by Gasteiger charge is -2.32. The van der Waals surface area contributed by atoms with Gasteiger partial charge in [-0.3, -0.25) is 0 Å². The molecule has 0 amide bonds. The SMILES string of the molecule is CC(C)c1c2c(cc(Cl)c1C1(C)CCCN1)OCCCO2. The van der Waals surface area contributed by atoms with Crippen molar-refractivity contribution in [2.24, 2.45) is 0 Å². The van der Waals surface area contributed by atoms with E-state index < -0.39 is 0 Å². The molecule has 0 saturated carbocycles. The van der Waals surface area contributed by atoms with Crippen molar-refractivity contribution < 1.29 is 9.47 Å². The highest BCUT2D eigenvalue weighted by Gasteiger charge is 2.37. The van der Waals surface area contributed by atoms with Crippen LogP contribution in [0.4, 0.5) is 0 Å². The van der Waals surface area contributed by atoms with Gasteiger partial charge < -0.3 is 14.8 Å². The molecule has 2 heterocycles. The van der Waals surface area contributed by atoms with Crippen LogP contribution in [-0.2, 0) is 5.54 Å². The second-order valence-electron chi connectivity index (χ2n) is 6.54. The molecule has 2 aliphatic heterocycles. The number of halogens is 1. The molecule has 1 fully saturated rings. The quantitative estimate of drug-likeness (QED) is 0.887. The Bertz CT molecular complexity index is 536. The number of ether oxygens (including phenoxy) is 2. The Labute approximate surface area is 132 Å². The fraction of sp³-hybridized carbons (Fsp3) is 0.647. The highest BCUT2D eigenvalue weighted by Crippen LogP contribution is 2.48. The maximum Gasteiger partial charge on any atom is 0.165 e. The first-order chi connectivity index (χ1) is 10.0. The molecule has 0 aliphatic carbocycles. The van der Waals surface area contributed by atoms with E-state index in [1.54, 1.807) is 0 Å². The summed E-state index contributed by atoms with van der Waals surface area (Å²) in [5, 5.41) is 4.42. The predicted octanol–water partition coefficient (Wildman–Crippen LogP) is 4.22. The van der Waals surface area contributed by atoms with Crippen molar-refractivity contribution in [2.45, 2.75) is 51.5 Å². The Hall–Kier alpha value is -0.930. The van der Waals surface area contributed by atoms with Crippen LogP contribution >= 0.6 is 11.6 Å². The summed E-state index contributed by atoms with van der Waals surface area (Å²) in [6.45, 7) is 9.08. The van der Waals surface area contributed by atoms with Crippen LogP contribution < -0.4 is 14.8 Å². The summed E-state index contributed by atoms with van der Waals surface area (Å²) in [6, 6.07) is 1.94. The highest BCUT2D eigenvalue weighted by atomic mass is 35.5. The molecule has 1 aromatic carbocycles. The van der Waals surface area contributed by atoms with Crippen LogP contribution in [0.5, 0.6) is 11.5 Å². The molecule has 3 nitrogen and oxygen atoms in total. The molecular weight excluding hydrogens is 286 g/mol. The molecule has 1 aromatic rings. The number of rotatable bonds is 2. The van der Waals surface area contributed by atoms with Crippen LogP contribution in [-0.4, -0.2) is 19.8 Å². The van der Waals surface area contributed by atoms with Gasteiger partial charge in [-0.25, -0.2) is 0 Å². The molecule has 2 aliphatic rings. The zero-order valence-electron chi connectivity index (χ0n) is 13.1. The van der Waals surface area contributed by atoms with Gasteiger partial charge in [-0.1, -0.05) is 25.4 Å². The average molecular weight is 310 g/mol. The van der Waals surface area contributed by atoms with Crippen LogP contribution in [0.25, 0.3) is 0 Å². The third-order valence-electron chi connectivity index (χ3n) is 4.52. The lowest BCUT2D eigenvalue weighted by molar-refractivity contribution is 0.295. The molecule has 0 spiro atoms. The Morgan fingerprint density at radius 1 is 1.24 bits per heavy atom. The lowest BCUT2D eigenvalue weighted by Crippen LogP contribution is -2.35. The van der Waals surface area contributed by atoms with Crippen molar-refractivity contribution in [3.05, 3.63) is 22.2 Å². The van der Waals surface area contributed by atoms with E-state index in [-0.39, 0.29) is 5.54 Å². The topological polar surface area (TPSA) is 30.5 Å². The first kappa shape index (κ1) is 15.0. The molecule has 0 aromatic heterocycles. The Morgan fingerprint density at radius 3 is 2.67 bits per heavy atom. The predicted molar refractivity (Wildman–Crippen MR) is 85.7 cm³/mol. The average Bonchev–Trinajstić information content (AvgIpc) is 2.73. The summed E-state index contributed by atoms with van der Waals surface area (Å²) >= 11 is 6.66. The monoisotopic (exact) mass is 309 g/mol.